The second-order valence-electron chi connectivity index (χ2n) is 5.04. The Labute approximate surface area is 126 Å². The molecule has 1 fully saturated rings. The first-order valence-corrected chi connectivity index (χ1v) is 7.27. The number of carbonyl (C=O) groups excluding carboxylic acids is 1. The van der Waals surface area contributed by atoms with Gasteiger partial charge in [0.05, 0.1) is 13.1 Å². The van der Waals surface area contributed by atoms with Crippen molar-refractivity contribution in [1.82, 2.24) is 4.90 Å². The third kappa shape index (κ3) is 4.31. The van der Waals surface area contributed by atoms with Crippen LogP contribution in [0.2, 0.25) is 0 Å². The maximum Gasteiger partial charge on any atom is 0.317 e. The number of amides is 1. The molecule has 1 saturated carbocycles. The van der Waals surface area contributed by atoms with E-state index in [-0.39, 0.29) is 25.0 Å². The van der Waals surface area contributed by atoms with Crippen molar-refractivity contribution in [3.63, 3.8) is 0 Å². The van der Waals surface area contributed by atoms with Crippen LogP contribution < -0.4 is 5.32 Å². The smallest absolute Gasteiger partial charge is 0.317 e. The Kier molecular flexibility index (Phi) is 4.77. The number of rotatable bonds is 6. The molecule has 1 aromatic rings. The van der Waals surface area contributed by atoms with Crippen LogP contribution in [-0.2, 0) is 9.59 Å². The molecule has 0 radical (unpaired) electrons. The number of aryl methyl sites for hydroxylation is 1. The molecule has 0 unspecified atom stereocenters. The van der Waals surface area contributed by atoms with E-state index in [0.29, 0.717) is 0 Å². The summed E-state index contributed by atoms with van der Waals surface area (Å²) in [6.07, 6.45) is 1.94. The molecular weight excluding hydrogens is 324 g/mol. The number of nitrogens with zero attached hydrogens (tertiary/aromatic N) is 1. The molecule has 2 rings (SSSR count). The van der Waals surface area contributed by atoms with Gasteiger partial charge in [0.2, 0.25) is 5.91 Å². The molecule has 0 bridgehead atoms. The minimum atomic E-state index is -0.899. The molecule has 0 aliphatic heterocycles. The Morgan fingerprint density at radius 2 is 2.10 bits per heavy atom. The first-order valence-electron chi connectivity index (χ1n) is 6.47. The molecule has 20 heavy (non-hydrogen) atoms. The largest absolute Gasteiger partial charge is 0.480 e. The molecule has 108 valence electrons. The van der Waals surface area contributed by atoms with Gasteiger partial charge in [0.25, 0.3) is 0 Å². The molecule has 1 aromatic carbocycles. The summed E-state index contributed by atoms with van der Waals surface area (Å²) >= 11 is 3.40. The lowest BCUT2D eigenvalue weighted by atomic mass is 10.2. The predicted octanol–water partition coefficient (Wildman–Crippen LogP) is 2.25. The van der Waals surface area contributed by atoms with E-state index < -0.39 is 5.97 Å². The van der Waals surface area contributed by atoms with Crippen LogP contribution in [0, 0.1) is 6.92 Å². The quantitative estimate of drug-likeness (QED) is 0.833. The summed E-state index contributed by atoms with van der Waals surface area (Å²) in [5, 5.41) is 11.7. The van der Waals surface area contributed by atoms with Gasteiger partial charge < -0.3 is 10.4 Å². The van der Waals surface area contributed by atoms with Gasteiger partial charge in [0.15, 0.2) is 0 Å². The molecule has 0 aromatic heterocycles. The van der Waals surface area contributed by atoms with E-state index in [4.69, 9.17) is 5.11 Å². The minimum Gasteiger partial charge on any atom is -0.480 e. The van der Waals surface area contributed by atoms with Gasteiger partial charge in [-0.25, -0.2) is 0 Å². The second kappa shape index (κ2) is 6.37. The normalized spacial score (nSPS) is 14.3. The maximum absolute atomic E-state index is 12.0. The second-order valence-corrected chi connectivity index (χ2v) is 5.90. The molecule has 0 heterocycles. The standard InChI is InChI=1S/C14H17BrN2O3/c1-9-6-10(2-5-12(9)15)16-13(18)7-17(8-14(19)20)11-3-4-11/h2,5-6,11H,3-4,7-8H2,1H3,(H,16,18)(H,19,20). The summed E-state index contributed by atoms with van der Waals surface area (Å²) in [4.78, 5) is 24.5. The van der Waals surface area contributed by atoms with Crippen LogP contribution in [-0.4, -0.2) is 41.0 Å². The lowest BCUT2D eigenvalue weighted by Gasteiger charge is -2.19. The van der Waals surface area contributed by atoms with Crippen molar-refractivity contribution in [2.24, 2.45) is 0 Å². The van der Waals surface area contributed by atoms with Crippen LogP contribution in [0.1, 0.15) is 18.4 Å². The number of carbonyl (C=O) groups is 2. The van der Waals surface area contributed by atoms with Crippen LogP contribution in [0.15, 0.2) is 22.7 Å². The van der Waals surface area contributed by atoms with E-state index >= 15 is 0 Å². The number of halogens is 1. The van der Waals surface area contributed by atoms with Crippen molar-refractivity contribution < 1.29 is 14.7 Å². The molecule has 6 heteroatoms. The highest BCUT2D eigenvalue weighted by Gasteiger charge is 2.31. The third-order valence-corrected chi connectivity index (χ3v) is 4.08. The van der Waals surface area contributed by atoms with Crippen LogP contribution in [0.3, 0.4) is 0 Å². The fourth-order valence-corrected chi connectivity index (χ4v) is 2.28. The van der Waals surface area contributed by atoms with E-state index in [9.17, 15) is 9.59 Å². The monoisotopic (exact) mass is 340 g/mol. The lowest BCUT2D eigenvalue weighted by molar-refractivity contribution is -0.138. The van der Waals surface area contributed by atoms with Crippen LogP contribution in [0.4, 0.5) is 5.69 Å². The van der Waals surface area contributed by atoms with Crippen molar-refractivity contribution in [3.8, 4) is 0 Å². The third-order valence-electron chi connectivity index (χ3n) is 3.19. The van der Waals surface area contributed by atoms with Gasteiger partial charge in [0, 0.05) is 16.2 Å². The van der Waals surface area contributed by atoms with Crippen LogP contribution in [0.25, 0.3) is 0 Å². The molecule has 1 aliphatic rings. The van der Waals surface area contributed by atoms with Gasteiger partial charge in [-0.15, -0.1) is 0 Å². The number of benzene rings is 1. The van der Waals surface area contributed by atoms with Crippen LogP contribution in [0.5, 0.6) is 0 Å². The molecule has 0 atom stereocenters. The first kappa shape index (κ1) is 15.0. The Bertz CT molecular complexity index is 529. The lowest BCUT2D eigenvalue weighted by Crippen LogP contribution is -2.38. The minimum absolute atomic E-state index is 0.0859. The molecule has 1 aliphatic carbocycles. The first-order chi connectivity index (χ1) is 9.45. The van der Waals surface area contributed by atoms with Gasteiger partial charge in [0.1, 0.15) is 0 Å². The number of nitrogens with one attached hydrogen (secondary N) is 1. The highest BCUT2D eigenvalue weighted by Crippen LogP contribution is 2.26. The Morgan fingerprint density at radius 3 is 2.65 bits per heavy atom. The predicted molar refractivity (Wildman–Crippen MR) is 79.7 cm³/mol. The molecule has 0 spiro atoms. The van der Waals surface area contributed by atoms with E-state index in [2.05, 4.69) is 21.2 Å². The summed E-state index contributed by atoms with van der Waals surface area (Å²) in [5.41, 5.74) is 1.76. The summed E-state index contributed by atoms with van der Waals surface area (Å²) in [7, 11) is 0. The van der Waals surface area contributed by atoms with Crippen molar-refractivity contribution in [1.29, 1.82) is 0 Å². The van der Waals surface area contributed by atoms with Gasteiger partial charge >= 0.3 is 5.97 Å². The number of carboxylic acids is 1. The van der Waals surface area contributed by atoms with E-state index in [1.54, 1.807) is 4.90 Å². The highest BCUT2D eigenvalue weighted by molar-refractivity contribution is 9.10. The zero-order valence-electron chi connectivity index (χ0n) is 11.2. The average Bonchev–Trinajstić information content (AvgIpc) is 3.16. The topological polar surface area (TPSA) is 69.6 Å². The van der Waals surface area contributed by atoms with E-state index in [0.717, 1.165) is 28.6 Å². The summed E-state index contributed by atoms with van der Waals surface area (Å²) in [6, 6.07) is 5.80. The molecule has 2 N–H and O–H groups in total. The van der Waals surface area contributed by atoms with Crippen molar-refractivity contribution in [2.45, 2.75) is 25.8 Å². The van der Waals surface area contributed by atoms with Gasteiger partial charge in [-0.2, -0.15) is 0 Å². The number of anilines is 1. The Balaban J connectivity index is 1.93. The summed E-state index contributed by atoms with van der Waals surface area (Å²) in [5.74, 6) is -1.08. The number of hydrogen-bond donors (Lipinski definition) is 2. The molecule has 1 amide bonds. The zero-order valence-corrected chi connectivity index (χ0v) is 12.8. The van der Waals surface area contributed by atoms with Crippen molar-refractivity contribution in [3.05, 3.63) is 28.2 Å². The van der Waals surface area contributed by atoms with Crippen molar-refractivity contribution >= 4 is 33.5 Å². The fourth-order valence-electron chi connectivity index (χ4n) is 2.03. The van der Waals surface area contributed by atoms with E-state index in [1.807, 2.05) is 25.1 Å². The number of carboxylic acid groups (broad SMARTS) is 1. The average molecular weight is 341 g/mol. The number of hydrogen-bond acceptors (Lipinski definition) is 3. The summed E-state index contributed by atoms with van der Waals surface area (Å²) in [6.45, 7) is 1.98. The van der Waals surface area contributed by atoms with Gasteiger partial charge in [-0.3, -0.25) is 14.5 Å². The summed E-state index contributed by atoms with van der Waals surface area (Å²) < 4.78 is 0.987. The Morgan fingerprint density at radius 1 is 1.40 bits per heavy atom. The molecule has 5 nitrogen and oxygen atoms in total. The molecular formula is C14H17BrN2O3. The van der Waals surface area contributed by atoms with E-state index in [1.165, 1.54) is 0 Å². The number of aliphatic carboxylic acids is 1. The maximum atomic E-state index is 12.0. The highest BCUT2D eigenvalue weighted by atomic mass is 79.9. The zero-order chi connectivity index (χ0) is 14.7. The molecule has 0 saturated heterocycles. The SMILES string of the molecule is Cc1cc(NC(=O)CN(CC(=O)O)C2CC2)ccc1Br. The van der Waals surface area contributed by atoms with Crippen molar-refractivity contribution in [2.75, 3.05) is 18.4 Å². The Hall–Kier alpha value is -1.40. The van der Waals surface area contributed by atoms with Gasteiger partial charge in [-0.05, 0) is 43.5 Å². The van der Waals surface area contributed by atoms with Crippen LogP contribution >= 0.6 is 15.9 Å². The fraction of sp³-hybridized carbons (Fsp3) is 0.429. The van der Waals surface area contributed by atoms with Gasteiger partial charge in [-0.1, -0.05) is 15.9 Å².